The smallest absolute Gasteiger partial charge is 0.277 e. The molecule has 0 saturated carbocycles. The number of hydrogen-bond donors (Lipinski definition) is 2. The maximum atomic E-state index is 11.9. The third-order valence-electron chi connectivity index (χ3n) is 3.91. The van der Waals surface area contributed by atoms with Crippen LogP contribution in [0.4, 0.5) is 0 Å². The van der Waals surface area contributed by atoms with Gasteiger partial charge in [-0.1, -0.05) is 12.1 Å². The topological polar surface area (TPSA) is 80.2 Å². The molecule has 0 radical (unpaired) electrons. The van der Waals surface area contributed by atoms with Crippen molar-refractivity contribution in [1.29, 1.82) is 0 Å². The molecule has 6 heteroatoms. The van der Waals surface area contributed by atoms with Crippen molar-refractivity contribution < 1.29 is 19.4 Å². The molecule has 2 rings (SSSR count). The van der Waals surface area contributed by atoms with E-state index in [1.54, 1.807) is 12.1 Å². The van der Waals surface area contributed by atoms with Crippen LogP contribution >= 0.6 is 0 Å². The van der Waals surface area contributed by atoms with E-state index in [0.29, 0.717) is 17.9 Å². The quantitative estimate of drug-likeness (QED) is 0.589. The van der Waals surface area contributed by atoms with Crippen molar-refractivity contribution in [3.8, 4) is 17.2 Å². The van der Waals surface area contributed by atoms with Gasteiger partial charge in [-0.3, -0.25) is 4.79 Å². The van der Waals surface area contributed by atoms with Crippen molar-refractivity contribution in [2.45, 2.75) is 27.7 Å². The number of carbonyl (C=O) groups is 1. The number of ether oxygens (including phenoxy) is 2. The Hall–Kier alpha value is -3.02. The fourth-order valence-corrected chi connectivity index (χ4v) is 2.38. The average Bonchev–Trinajstić information content (AvgIpc) is 2.61. The lowest BCUT2D eigenvalue weighted by Crippen LogP contribution is -2.25. The second-order valence-electron chi connectivity index (χ2n) is 5.90. The van der Waals surface area contributed by atoms with Crippen molar-refractivity contribution in [1.82, 2.24) is 5.43 Å². The van der Waals surface area contributed by atoms with Crippen molar-refractivity contribution in [3.63, 3.8) is 0 Å². The predicted octanol–water partition coefficient (Wildman–Crippen LogP) is 3.25. The molecule has 0 aliphatic heterocycles. The second kappa shape index (κ2) is 8.89. The summed E-state index contributed by atoms with van der Waals surface area (Å²) in [6.07, 6.45) is 1.48. The monoisotopic (exact) mass is 356 g/mol. The Kier molecular flexibility index (Phi) is 6.60. The van der Waals surface area contributed by atoms with Gasteiger partial charge in [-0.05, 0) is 68.1 Å². The van der Waals surface area contributed by atoms with Gasteiger partial charge < -0.3 is 14.6 Å². The van der Waals surface area contributed by atoms with Gasteiger partial charge in [-0.15, -0.1) is 0 Å². The average molecular weight is 356 g/mol. The molecule has 2 aromatic carbocycles. The molecule has 0 saturated heterocycles. The summed E-state index contributed by atoms with van der Waals surface area (Å²) in [6, 6.07) is 8.82. The first-order chi connectivity index (χ1) is 12.4. The zero-order valence-corrected chi connectivity index (χ0v) is 15.5. The molecule has 0 bridgehead atoms. The molecule has 0 aliphatic carbocycles. The molecule has 0 atom stereocenters. The Morgan fingerprint density at radius 2 is 1.88 bits per heavy atom. The Labute approximate surface area is 153 Å². The molecule has 0 fully saturated rings. The SMILES string of the molecule is CCOc1cc(C=NNC(=O)COc2c(C)ccc(C)c2C)ccc1O. The standard InChI is InChI=1S/C20H24N2O4/c1-5-25-18-10-16(8-9-17(18)23)11-21-22-19(24)12-26-20-14(3)7-6-13(2)15(20)4/h6-11,23H,5,12H2,1-4H3,(H,22,24). The lowest BCUT2D eigenvalue weighted by atomic mass is 10.1. The van der Waals surface area contributed by atoms with Crippen LogP contribution in [0.2, 0.25) is 0 Å². The van der Waals surface area contributed by atoms with Crippen LogP contribution in [-0.4, -0.2) is 30.4 Å². The lowest BCUT2D eigenvalue weighted by molar-refractivity contribution is -0.123. The van der Waals surface area contributed by atoms with Crippen LogP contribution in [0.1, 0.15) is 29.2 Å². The highest BCUT2D eigenvalue weighted by Gasteiger charge is 2.09. The molecule has 0 aliphatic rings. The summed E-state index contributed by atoms with van der Waals surface area (Å²) in [5, 5.41) is 13.6. The number of nitrogens with zero attached hydrogens (tertiary/aromatic N) is 1. The van der Waals surface area contributed by atoms with Gasteiger partial charge in [0, 0.05) is 0 Å². The molecule has 2 aromatic rings. The van der Waals surface area contributed by atoms with Gasteiger partial charge in [0.2, 0.25) is 0 Å². The molecular formula is C20H24N2O4. The van der Waals surface area contributed by atoms with Crippen LogP contribution in [0.3, 0.4) is 0 Å². The van der Waals surface area contributed by atoms with E-state index in [-0.39, 0.29) is 18.3 Å². The summed E-state index contributed by atoms with van der Waals surface area (Å²) in [5.41, 5.74) is 6.23. The van der Waals surface area contributed by atoms with Gasteiger partial charge in [0.1, 0.15) is 5.75 Å². The first-order valence-electron chi connectivity index (χ1n) is 8.39. The summed E-state index contributed by atoms with van der Waals surface area (Å²) < 4.78 is 10.9. The van der Waals surface area contributed by atoms with E-state index in [1.807, 2.05) is 39.8 Å². The third-order valence-corrected chi connectivity index (χ3v) is 3.91. The summed E-state index contributed by atoms with van der Waals surface area (Å²) in [5.74, 6) is 0.802. The summed E-state index contributed by atoms with van der Waals surface area (Å²) in [7, 11) is 0. The van der Waals surface area contributed by atoms with Gasteiger partial charge in [0.15, 0.2) is 18.1 Å². The largest absolute Gasteiger partial charge is 0.504 e. The number of amides is 1. The van der Waals surface area contributed by atoms with Gasteiger partial charge >= 0.3 is 0 Å². The number of hydrazone groups is 1. The van der Waals surface area contributed by atoms with Gasteiger partial charge in [-0.2, -0.15) is 5.10 Å². The van der Waals surface area contributed by atoms with Crippen LogP contribution in [0, 0.1) is 20.8 Å². The number of rotatable bonds is 7. The first-order valence-corrected chi connectivity index (χ1v) is 8.39. The Balaban J connectivity index is 1.92. The van der Waals surface area contributed by atoms with E-state index in [0.717, 1.165) is 22.4 Å². The molecule has 26 heavy (non-hydrogen) atoms. The number of hydrogen-bond acceptors (Lipinski definition) is 5. The number of aromatic hydroxyl groups is 1. The van der Waals surface area contributed by atoms with Crippen LogP contribution < -0.4 is 14.9 Å². The van der Waals surface area contributed by atoms with Crippen LogP contribution in [0.5, 0.6) is 17.2 Å². The lowest BCUT2D eigenvalue weighted by Gasteiger charge is -2.13. The number of phenols is 1. The van der Waals surface area contributed by atoms with Crippen molar-refractivity contribution in [2.75, 3.05) is 13.2 Å². The maximum Gasteiger partial charge on any atom is 0.277 e. The second-order valence-corrected chi connectivity index (χ2v) is 5.90. The molecule has 0 spiro atoms. The van der Waals surface area contributed by atoms with E-state index in [2.05, 4.69) is 10.5 Å². The zero-order valence-electron chi connectivity index (χ0n) is 15.5. The van der Waals surface area contributed by atoms with Crippen LogP contribution in [0.25, 0.3) is 0 Å². The van der Waals surface area contributed by atoms with E-state index in [9.17, 15) is 9.90 Å². The number of phenolic OH excluding ortho intramolecular Hbond substituents is 1. The first kappa shape index (κ1) is 19.3. The number of nitrogens with one attached hydrogen (secondary N) is 1. The van der Waals surface area contributed by atoms with Gasteiger partial charge in [-0.25, -0.2) is 5.43 Å². The minimum Gasteiger partial charge on any atom is -0.504 e. The number of carbonyl (C=O) groups excluding carboxylic acids is 1. The molecule has 138 valence electrons. The van der Waals surface area contributed by atoms with Crippen molar-refractivity contribution in [2.24, 2.45) is 5.10 Å². The van der Waals surface area contributed by atoms with Crippen molar-refractivity contribution in [3.05, 3.63) is 52.6 Å². The molecule has 0 heterocycles. The minimum absolute atomic E-state index is 0.0605. The fraction of sp³-hybridized carbons (Fsp3) is 0.300. The maximum absolute atomic E-state index is 11.9. The highest BCUT2D eigenvalue weighted by Crippen LogP contribution is 2.26. The number of aryl methyl sites for hydroxylation is 2. The third kappa shape index (κ3) is 4.99. The molecule has 2 N–H and O–H groups in total. The summed E-state index contributed by atoms with van der Waals surface area (Å²) in [4.78, 5) is 11.9. The highest BCUT2D eigenvalue weighted by molar-refractivity contribution is 5.83. The molecule has 6 nitrogen and oxygen atoms in total. The fourth-order valence-electron chi connectivity index (χ4n) is 2.38. The minimum atomic E-state index is -0.356. The molecule has 1 amide bonds. The van der Waals surface area contributed by atoms with E-state index < -0.39 is 0 Å². The Bertz CT molecular complexity index is 816. The molecular weight excluding hydrogens is 332 g/mol. The van der Waals surface area contributed by atoms with E-state index >= 15 is 0 Å². The molecule has 0 aromatic heterocycles. The molecule has 0 unspecified atom stereocenters. The number of benzene rings is 2. The highest BCUT2D eigenvalue weighted by atomic mass is 16.5. The van der Waals surface area contributed by atoms with Gasteiger partial charge in [0.05, 0.1) is 12.8 Å². The van der Waals surface area contributed by atoms with Gasteiger partial charge in [0.25, 0.3) is 5.91 Å². The van der Waals surface area contributed by atoms with Crippen LogP contribution in [0.15, 0.2) is 35.4 Å². The Morgan fingerprint density at radius 1 is 1.15 bits per heavy atom. The normalized spacial score (nSPS) is 10.8. The summed E-state index contributed by atoms with van der Waals surface area (Å²) in [6.45, 7) is 8.06. The van der Waals surface area contributed by atoms with E-state index in [1.165, 1.54) is 12.3 Å². The summed E-state index contributed by atoms with van der Waals surface area (Å²) >= 11 is 0. The zero-order chi connectivity index (χ0) is 19.1. The Morgan fingerprint density at radius 3 is 2.62 bits per heavy atom. The predicted molar refractivity (Wildman–Crippen MR) is 101 cm³/mol. The van der Waals surface area contributed by atoms with Crippen molar-refractivity contribution >= 4 is 12.1 Å². The van der Waals surface area contributed by atoms with E-state index in [4.69, 9.17) is 9.47 Å². The van der Waals surface area contributed by atoms with Crippen LogP contribution in [-0.2, 0) is 4.79 Å².